The van der Waals surface area contributed by atoms with Gasteiger partial charge in [-0.15, -0.1) is 0 Å². The highest BCUT2D eigenvalue weighted by molar-refractivity contribution is 7.66. The van der Waals surface area contributed by atoms with Gasteiger partial charge in [0.05, 0.1) is 11.6 Å². The first-order valence-electron chi connectivity index (χ1n) is 12.8. The number of rotatable bonds is 9. The standard InChI is InChI=1S/C34H33N2P/c1-26-18-22-30(23-19-26)35-33(28-12-6-3-7-13-28)37(32-16-10-5-11-17-32)34(29-14-8-4-9-15-29)36-31-24-20-27(2)21-25-31/h3-25,33-36H,1-2H3. The van der Waals surface area contributed by atoms with Crippen molar-refractivity contribution in [3.63, 3.8) is 0 Å². The van der Waals surface area contributed by atoms with E-state index in [1.54, 1.807) is 0 Å². The van der Waals surface area contributed by atoms with Crippen LogP contribution in [-0.4, -0.2) is 0 Å². The molecular formula is C34H33N2P. The first-order chi connectivity index (χ1) is 18.2. The molecule has 5 aromatic carbocycles. The Kier molecular flexibility index (Phi) is 7.99. The summed E-state index contributed by atoms with van der Waals surface area (Å²) in [5, 5.41) is 9.26. The normalized spacial score (nSPS) is 13.4. The van der Waals surface area contributed by atoms with E-state index in [1.165, 1.54) is 27.6 Å². The lowest BCUT2D eigenvalue weighted by Gasteiger charge is -2.37. The Hall–Kier alpha value is -3.87. The van der Waals surface area contributed by atoms with Gasteiger partial charge in [-0.25, -0.2) is 0 Å². The molecule has 37 heavy (non-hydrogen) atoms. The summed E-state index contributed by atoms with van der Waals surface area (Å²) in [7, 11) is -0.820. The first-order valence-corrected chi connectivity index (χ1v) is 14.2. The maximum absolute atomic E-state index is 3.96. The molecule has 5 rings (SSSR count). The van der Waals surface area contributed by atoms with Crippen LogP contribution in [0.2, 0.25) is 0 Å². The lowest BCUT2D eigenvalue weighted by molar-refractivity contribution is 1.02. The van der Waals surface area contributed by atoms with Gasteiger partial charge in [0.2, 0.25) is 0 Å². The lowest BCUT2D eigenvalue weighted by Crippen LogP contribution is -2.23. The molecule has 0 aliphatic heterocycles. The lowest BCUT2D eigenvalue weighted by atomic mass is 10.2. The smallest absolute Gasteiger partial charge is 0.0774 e. The van der Waals surface area contributed by atoms with Crippen LogP contribution < -0.4 is 15.9 Å². The van der Waals surface area contributed by atoms with Crippen LogP contribution >= 0.6 is 7.92 Å². The maximum atomic E-state index is 3.96. The van der Waals surface area contributed by atoms with Crippen molar-refractivity contribution in [1.82, 2.24) is 0 Å². The molecule has 2 unspecified atom stereocenters. The summed E-state index contributed by atoms with van der Waals surface area (Å²) >= 11 is 0. The second kappa shape index (κ2) is 11.9. The van der Waals surface area contributed by atoms with Crippen LogP contribution in [0.4, 0.5) is 11.4 Å². The van der Waals surface area contributed by atoms with E-state index >= 15 is 0 Å². The minimum Gasteiger partial charge on any atom is -0.374 e. The summed E-state index contributed by atoms with van der Waals surface area (Å²) in [6.07, 6.45) is 0. The van der Waals surface area contributed by atoms with Crippen LogP contribution in [0.15, 0.2) is 140 Å². The zero-order chi connectivity index (χ0) is 25.5. The molecular weight excluding hydrogens is 467 g/mol. The number of anilines is 2. The SMILES string of the molecule is Cc1ccc(NC(c2ccccc2)P(c2ccccc2)C(Nc2ccc(C)cc2)c2ccccc2)cc1. The second-order valence-corrected chi connectivity index (χ2v) is 11.8. The summed E-state index contributed by atoms with van der Waals surface area (Å²) in [5.74, 6) is 0.175. The highest BCUT2D eigenvalue weighted by Gasteiger charge is 2.33. The molecule has 0 aromatic heterocycles. The van der Waals surface area contributed by atoms with Crippen LogP contribution in [0, 0.1) is 13.8 Å². The topological polar surface area (TPSA) is 24.1 Å². The van der Waals surface area contributed by atoms with Gasteiger partial charge in [-0.2, -0.15) is 0 Å². The van der Waals surface area contributed by atoms with Gasteiger partial charge in [-0.3, -0.25) is 0 Å². The molecule has 2 nitrogen and oxygen atoms in total. The maximum Gasteiger partial charge on any atom is 0.0774 e. The zero-order valence-electron chi connectivity index (χ0n) is 21.4. The predicted molar refractivity (Wildman–Crippen MR) is 161 cm³/mol. The van der Waals surface area contributed by atoms with Gasteiger partial charge in [-0.05, 0) is 62.5 Å². The molecule has 0 spiro atoms. The molecule has 0 heterocycles. The summed E-state index contributed by atoms with van der Waals surface area (Å²) in [6, 6.07) is 50.2. The van der Waals surface area contributed by atoms with Crippen LogP contribution in [-0.2, 0) is 0 Å². The highest BCUT2D eigenvalue weighted by Crippen LogP contribution is 2.60. The molecule has 0 aliphatic rings. The van der Waals surface area contributed by atoms with Gasteiger partial charge in [-0.1, -0.05) is 126 Å². The Morgan fingerprint density at radius 1 is 0.432 bits per heavy atom. The predicted octanol–water partition coefficient (Wildman–Crippen LogP) is 9.03. The van der Waals surface area contributed by atoms with Gasteiger partial charge < -0.3 is 10.6 Å². The van der Waals surface area contributed by atoms with Gasteiger partial charge >= 0.3 is 0 Å². The molecule has 2 atom stereocenters. The first kappa shape index (κ1) is 24.8. The van der Waals surface area contributed by atoms with Gasteiger partial charge in [0.25, 0.3) is 0 Å². The van der Waals surface area contributed by atoms with Crippen molar-refractivity contribution in [1.29, 1.82) is 0 Å². The number of hydrogen-bond acceptors (Lipinski definition) is 2. The van der Waals surface area contributed by atoms with E-state index in [9.17, 15) is 0 Å². The fourth-order valence-corrected chi connectivity index (χ4v) is 7.53. The molecule has 0 fully saturated rings. The Balaban J connectivity index is 1.66. The van der Waals surface area contributed by atoms with E-state index in [-0.39, 0.29) is 11.6 Å². The molecule has 0 saturated carbocycles. The van der Waals surface area contributed by atoms with E-state index in [4.69, 9.17) is 0 Å². The van der Waals surface area contributed by atoms with Crippen molar-refractivity contribution in [2.24, 2.45) is 0 Å². The van der Waals surface area contributed by atoms with E-state index in [0.29, 0.717) is 0 Å². The minimum atomic E-state index is -0.820. The number of aryl methyl sites for hydroxylation is 2. The third kappa shape index (κ3) is 6.28. The van der Waals surface area contributed by atoms with Gasteiger partial charge in [0, 0.05) is 11.4 Å². The van der Waals surface area contributed by atoms with E-state index in [0.717, 1.165) is 11.4 Å². The quantitative estimate of drug-likeness (QED) is 0.197. The Labute approximate surface area is 222 Å². The molecule has 3 heteroatoms. The van der Waals surface area contributed by atoms with Crippen LogP contribution in [0.3, 0.4) is 0 Å². The third-order valence-corrected chi connectivity index (χ3v) is 9.41. The summed E-state index contributed by atoms with van der Waals surface area (Å²) in [4.78, 5) is 0. The molecule has 0 saturated heterocycles. The molecule has 184 valence electrons. The van der Waals surface area contributed by atoms with E-state index < -0.39 is 7.92 Å². The summed E-state index contributed by atoms with van der Waals surface area (Å²) in [5.41, 5.74) is 7.34. The van der Waals surface area contributed by atoms with E-state index in [2.05, 4.69) is 164 Å². The number of nitrogens with one attached hydrogen (secondary N) is 2. The van der Waals surface area contributed by atoms with Crippen molar-refractivity contribution >= 4 is 24.6 Å². The zero-order valence-corrected chi connectivity index (χ0v) is 22.3. The van der Waals surface area contributed by atoms with Gasteiger partial charge in [0.15, 0.2) is 0 Å². The Morgan fingerprint density at radius 2 is 0.784 bits per heavy atom. The Morgan fingerprint density at radius 3 is 1.16 bits per heavy atom. The number of benzene rings is 5. The fraction of sp³-hybridized carbons (Fsp3) is 0.118. The molecule has 0 bridgehead atoms. The van der Waals surface area contributed by atoms with Gasteiger partial charge in [0.1, 0.15) is 0 Å². The van der Waals surface area contributed by atoms with Crippen molar-refractivity contribution in [2.45, 2.75) is 25.4 Å². The van der Waals surface area contributed by atoms with E-state index in [1.807, 2.05) is 0 Å². The second-order valence-electron chi connectivity index (χ2n) is 9.39. The highest BCUT2D eigenvalue weighted by atomic mass is 31.1. The van der Waals surface area contributed by atoms with Crippen LogP contribution in [0.1, 0.15) is 33.8 Å². The molecule has 2 N–H and O–H groups in total. The third-order valence-electron chi connectivity index (χ3n) is 6.55. The van der Waals surface area contributed by atoms with Crippen molar-refractivity contribution < 1.29 is 0 Å². The van der Waals surface area contributed by atoms with Crippen molar-refractivity contribution in [3.05, 3.63) is 162 Å². The van der Waals surface area contributed by atoms with Crippen molar-refractivity contribution in [3.8, 4) is 0 Å². The number of hydrogen-bond donors (Lipinski definition) is 2. The van der Waals surface area contributed by atoms with Crippen LogP contribution in [0.25, 0.3) is 0 Å². The molecule has 0 aliphatic carbocycles. The fourth-order valence-electron chi connectivity index (χ4n) is 4.56. The van der Waals surface area contributed by atoms with Crippen molar-refractivity contribution in [2.75, 3.05) is 10.6 Å². The van der Waals surface area contributed by atoms with Crippen LogP contribution in [0.5, 0.6) is 0 Å². The Bertz CT molecular complexity index is 1280. The molecule has 0 radical (unpaired) electrons. The average molecular weight is 501 g/mol. The summed E-state index contributed by atoms with van der Waals surface area (Å²) < 4.78 is 0. The minimum absolute atomic E-state index is 0.0875. The molecule has 0 amide bonds. The average Bonchev–Trinajstić information content (AvgIpc) is 2.96. The summed E-state index contributed by atoms with van der Waals surface area (Å²) in [6.45, 7) is 4.26. The molecule has 5 aromatic rings. The monoisotopic (exact) mass is 500 g/mol. The largest absolute Gasteiger partial charge is 0.374 e.